The molecule has 0 aliphatic carbocycles. The Bertz CT molecular complexity index is 828. The fourth-order valence-corrected chi connectivity index (χ4v) is 4.84. The maximum absolute atomic E-state index is 12.8. The van der Waals surface area contributed by atoms with E-state index < -0.39 is 0 Å². The average Bonchev–Trinajstić information content (AvgIpc) is 3.51. The number of anilines is 1. The highest BCUT2D eigenvalue weighted by atomic mass is 32.1. The highest BCUT2D eigenvalue weighted by Crippen LogP contribution is 2.28. The molecule has 2 amide bonds. The minimum atomic E-state index is -0.389. The summed E-state index contributed by atoms with van der Waals surface area (Å²) < 4.78 is 5.42. The minimum absolute atomic E-state index is 0.126. The van der Waals surface area contributed by atoms with E-state index in [0.717, 1.165) is 25.9 Å². The number of rotatable bonds is 7. The predicted octanol–water partition coefficient (Wildman–Crippen LogP) is 3.43. The van der Waals surface area contributed by atoms with E-state index in [0.29, 0.717) is 24.4 Å². The Labute approximate surface area is 175 Å². The number of carbonyl (C=O) groups is 2. The summed E-state index contributed by atoms with van der Waals surface area (Å²) in [4.78, 5) is 28.7. The molecule has 2 aliphatic heterocycles. The SMILES string of the molecule is O=C(NC[C@@H](c1cccs1)N1CCCC1)c1cccc(NC(=O)[C@H]2CCCO2)c1. The number of nitrogens with zero attached hydrogens (tertiary/aromatic N) is 1. The second-order valence-corrected chi connectivity index (χ2v) is 8.54. The van der Waals surface area contributed by atoms with Crippen LogP contribution in [0.3, 0.4) is 0 Å². The zero-order valence-corrected chi connectivity index (χ0v) is 17.2. The zero-order valence-electron chi connectivity index (χ0n) is 16.4. The topological polar surface area (TPSA) is 70.7 Å². The normalized spacial score (nSPS) is 20.5. The van der Waals surface area contributed by atoms with Crippen molar-refractivity contribution in [3.05, 3.63) is 52.2 Å². The van der Waals surface area contributed by atoms with Gasteiger partial charge in [0.25, 0.3) is 11.8 Å². The van der Waals surface area contributed by atoms with Crippen LogP contribution in [-0.2, 0) is 9.53 Å². The van der Waals surface area contributed by atoms with Crippen molar-refractivity contribution in [1.82, 2.24) is 10.2 Å². The number of thiophene rings is 1. The van der Waals surface area contributed by atoms with Crippen LogP contribution in [0.25, 0.3) is 0 Å². The lowest BCUT2D eigenvalue weighted by molar-refractivity contribution is -0.124. The summed E-state index contributed by atoms with van der Waals surface area (Å²) >= 11 is 1.73. The fraction of sp³-hybridized carbons (Fsp3) is 0.455. The van der Waals surface area contributed by atoms with Crippen molar-refractivity contribution in [3.8, 4) is 0 Å². The van der Waals surface area contributed by atoms with Crippen LogP contribution in [0.15, 0.2) is 41.8 Å². The summed E-state index contributed by atoms with van der Waals surface area (Å²) in [7, 11) is 0. The van der Waals surface area contributed by atoms with Gasteiger partial charge in [-0.25, -0.2) is 0 Å². The third-order valence-electron chi connectivity index (χ3n) is 5.52. The number of benzene rings is 1. The highest BCUT2D eigenvalue weighted by Gasteiger charge is 2.25. The molecule has 4 rings (SSSR count). The van der Waals surface area contributed by atoms with Crippen LogP contribution in [0.1, 0.15) is 47.0 Å². The Morgan fingerprint density at radius 3 is 2.76 bits per heavy atom. The minimum Gasteiger partial charge on any atom is -0.368 e. The number of ether oxygens (including phenoxy) is 1. The zero-order chi connectivity index (χ0) is 20.1. The first-order valence-corrected chi connectivity index (χ1v) is 11.2. The summed E-state index contributed by atoms with van der Waals surface area (Å²) in [5.74, 6) is -0.272. The van der Waals surface area contributed by atoms with E-state index in [2.05, 4.69) is 33.0 Å². The van der Waals surface area contributed by atoms with Crippen LogP contribution in [0.4, 0.5) is 5.69 Å². The van der Waals surface area contributed by atoms with E-state index >= 15 is 0 Å². The molecule has 29 heavy (non-hydrogen) atoms. The van der Waals surface area contributed by atoms with Crippen molar-refractivity contribution in [3.63, 3.8) is 0 Å². The molecule has 1 aromatic carbocycles. The van der Waals surface area contributed by atoms with Crippen molar-refractivity contribution in [1.29, 1.82) is 0 Å². The molecule has 2 saturated heterocycles. The van der Waals surface area contributed by atoms with E-state index in [1.165, 1.54) is 17.7 Å². The van der Waals surface area contributed by atoms with Gasteiger partial charge in [-0.15, -0.1) is 11.3 Å². The smallest absolute Gasteiger partial charge is 0.253 e. The Kier molecular flexibility index (Phi) is 6.59. The molecule has 6 nitrogen and oxygen atoms in total. The first-order chi connectivity index (χ1) is 14.2. The fourth-order valence-electron chi connectivity index (χ4n) is 3.98. The van der Waals surface area contributed by atoms with Gasteiger partial charge in [0.1, 0.15) is 6.10 Å². The second kappa shape index (κ2) is 9.52. The van der Waals surface area contributed by atoms with Gasteiger partial charge in [-0.2, -0.15) is 0 Å². The molecule has 2 aromatic rings. The third-order valence-corrected chi connectivity index (χ3v) is 6.50. The number of hydrogen-bond acceptors (Lipinski definition) is 5. The summed E-state index contributed by atoms with van der Waals surface area (Å²) in [6, 6.07) is 11.5. The molecule has 1 aromatic heterocycles. The molecule has 2 fully saturated rings. The van der Waals surface area contributed by atoms with Gasteiger partial charge < -0.3 is 15.4 Å². The lowest BCUT2D eigenvalue weighted by Crippen LogP contribution is -2.36. The Hall–Kier alpha value is -2.22. The van der Waals surface area contributed by atoms with E-state index in [9.17, 15) is 9.59 Å². The predicted molar refractivity (Wildman–Crippen MR) is 114 cm³/mol. The maximum Gasteiger partial charge on any atom is 0.253 e. The van der Waals surface area contributed by atoms with Gasteiger partial charge in [0.05, 0.1) is 6.04 Å². The van der Waals surface area contributed by atoms with Crippen molar-refractivity contribution in [2.75, 3.05) is 31.6 Å². The third kappa shape index (κ3) is 5.04. The number of carbonyl (C=O) groups excluding carboxylic acids is 2. The second-order valence-electron chi connectivity index (χ2n) is 7.56. The van der Waals surface area contributed by atoms with Crippen molar-refractivity contribution >= 4 is 28.8 Å². The van der Waals surface area contributed by atoms with Crippen LogP contribution < -0.4 is 10.6 Å². The number of amides is 2. The van der Waals surface area contributed by atoms with Crippen LogP contribution in [-0.4, -0.2) is 49.1 Å². The largest absolute Gasteiger partial charge is 0.368 e. The monoisotopic (exact) mass is 413 g/mol. The molecule has 0 spiro atoms. The van der Waals surface area contributed by atoms with Gasteiger partial charge in [-0.1, -0.05) is 12.1 Å². The number of hydrogen-bond donors (Lipinski definition) is 2. The van der Waals surface area contributed by atoms with E-state index in [1.54, 1.807) is 35.6 Å². The molecule has 2 aliphatic rings. The lowest BCUT2D eigenvalue weighted by atomic mass is 10.1. The first kappa shape index (κ1) is 20.1. The molecular weight excluding hydrogens is 386 g/mol. The Morgan fingerprint density at radius 1 is 1.17 bits per heavy atom. The van der Waals surface area contributed by atoms with E-state index in [4.69, 9.17) is 4.74 Å². The van der Waals surface area contributed by atoms with Gasteiger partial charge in [-0.3, -0.25) is 14.5 Å². The molecule has 2 N–H and O–H groups in total. The van der Waals surface area contributed by atoms with Crippen molar-refractivity contribution in [2.24, 2.45) is 0 Å². The van der Waals surface area contributed by atoms with Gasteiger partial charge in [-0.05, 0) is 68.4 Å². The molecule has 2 atom stereocenters. The average molecular weight is 414 g/mol. The van der Waals surface area contributed by atoms with E-state index in [-0.39, 0.29) is 24.0 Å². The van der Waals surface area contributed by atoms with E-state index in [1.807, 2.05) is 0 Å². The summed E-state index contributed by atoms with van der Waals surface area (Å²) in [6.07, 6.45) is 3.68. The molecule has 7 heteroatoms. The Morgan fingerprint density at radius 2 is 2.03 bits per heavy atom. The number of likely N-dealkylation sites (tertiary alicyclic amines) is 1. The van der Waals surface area contributed by atoms with Crippen molar-refractivity contribution < 1.29 is 14.3 Å². The molecule has 0 unspecified atom stereocenters. The summed E-state index contributed by atoms with van der Waals surface area (Å²) in [6.45, 7) is 3.35. The molecule has 0 saturated carbocycles. The summed E-state index contributed by atoms with van der Waals surface area (Å²) in [5.41, 5.74) is 1.16. The molecule has 0 bridgehead atoms. The van der Waals surface area contributed by atoms with Crippen molar-refractivity contribution in [2.45, 2.75) is 37.8 Å². The quantitative estimate of drug-likeness (QED) is 0.730. The standard InChI is InChI=1S/C22H27N3O3S/c26-21(23-15-18(20-9-5-13-29-20)25-10-1-2-11-25)16-6-3-7-17(14-16)24-22(27)19-8-4-12-28-19/h3,5-7,9,13-14,18-19H,1-2,4,8,10-12,15H2,(H,23,26)(H,24,27)/t18-,19+/m0/s1. The van der Waals surface area contributed by atoms with Gasteiger partial charge in [0, 0.05) is 29.3 Å². The van der Waals surface area contributed by atoms with Crippen LogP contribution in [0.5, 0.6) is 0 Å². The molecule has 3 heterocycles. The van der Waals surface area contributed by atoms with Crippen LogP contribution >= 0.6 is 11.3 Å². The lowest BCUT2D eigenvalue weighted by Gasteiger charge is -2.27. The Balaban J connectivity index is 1.38. The van der Waals surface area contributed by atoms with Gasteiger partial charge >= 0.3 is 0 Å². The number of nitrogens with one attached hydrogen (secondary N) is 2. The van der Waals surface area contributed by atoms with Gasteiger partial charge in [0.2, 0.25) is 0 Å². The van der Waals surface area contributed by atoms with Crippen LogP contribution in [0.2, 0.25) is 0 Å². The summed E-state index contributed by atoms with van der Waals surface area (Å²) in [5, 5.41) is 8.03. The molecule has 154 valence electrons. The maximum atomic E-state index is 12.8. The molecular formula is C22H27N3O3S. The van der Waals surface area contributed by atoms with Crippen LogP contribution in [0, 0.1) is 0 Å². The highest BCUT2D eigenvalue weighted by molar-refractivity contribution is 7.10. The molecule has 0 radical (unpaired) electrons. The van der Waals surface area contributed by atoms with Gasteiger partial charge in [0.15, 0.2) is 0 Å². The first-order valence-electron chi connectivity index (χ1n) is 10.3.